The number of carbonyl (C=O) groups excluding carboxylic acids is 2. The molecule has 5 heteroatoms. The number of rotatable bonds is 5. The van der Waals surface area contributed by atoms with Crippen LogP contribution in [0.3, 0.4) is 0 Å². The van der Waals surface area contributed by atoms with Gasteiger partial charge < -0.3 is 5.32 Å². The Kier molecular flexibility index (Phi) is 5.27. The maximum absolute atomic E-state index is 12.2. The summed E-state index contributed by atoms with van der Waals surface area (Å²) in [7, 11) is 0. The van der Waals surface area contributed by atoms with Gasteiger partial charge in [0, 0.05) is 5.69 Å². The van der Waals surface area contributed by atoms with Crippen LogP contribution in [0.25, 0.3) is 0 Å². The first-order chi connectivity index (χ1) is 10.6. The first-order valence-corrected chi connectivity index (χ1v) is 6.98. The molecule has 2 aromatic carbocycles. The number of nitrogens with one attached hydrogen (secondary N) is 2. The molecule has 0 aliphatic heterocycles. The van der Waals surface area contributed by atoms with E-state index in [1.54, 1.807) is 29.7 Å². The molecule has 2 amide bonds. The van der Waals surface area contributed by atoms with Gasteiger partial charge in [0.05, 0.1) is 12.3 Å². The van der Waals surface area contributed by atoms with Crippen LogP contribution >= 0.6 is 0 Å². The number of hydrogen-bond donors (Lipinski definition) is 3. The third-order valence-corrected chi connectivity index (χ3v) is 3.40. The van der Waals surface area contributed by atoms with Crippen LogP contribution in [0, 0.1) is 0 Å². The van der Waals surface area contributed by atoms with Gasteiger partial charge in [0.1, 0.15) is 0 Å². The minimum atomic E-state index is -0.477. The maximum atomic E-state index is 12.2. The highest BCUT2D eigenvalue weighted by Crippen LogP contribution is 2.18. The second-order valence-corrected chi connectivity index (χ2v) is 5.03. The predicted molar refractivity (Wildman–Crippen MR) is 83.6 cm³/mol. The zero-order valence-corrected chi connectivity index (χ0v) is 12.2. The summed E-state index contributed by atoms with van der Waals surface area (Å²) < 4.78 is 0. The molecule has 0 aliphatic rings. The van der Waals surface area contributed by atoms with Gasteiger partial charge in [0.25, 0.3) is 0 Å². The highest BCUT2D eigenvalue weighted by Gasteiger charge is 2.14. The molecule has 0 aliphatic carbocycles. The topological polar surface area (TPSA) is 78.4 Å². The van der Waals surface area contributed by atoms with E-state index in [0.29, 0.717) is 5.69 Å². The first-order valence-electron chi connectivity index (χ1n) is 6.98. The molecule has 1 atom stereocenters. The minimum Gasteiger partial charge on any atom is -0.326 e. The Labute approximate surface area is 128 Å². The summed E-state index contributed by atoms with van der Waals surface area (Å²) in [6.45, 7) is 1.85. The number of amides is 2. The second-order valence-electron chi connectivity index (χ2n) is 5.03. The molecule has 0 unspecified atom stereocenters. The SMILES string of the molecule is C[C@@H](C(=O)Nc1ccc(CC(=O)NO)cc1)c1ccccc1. The third-order valence-electron chi connectivity index (χ3n) is 3.40. The van der Waals surface area contributed by atoms with E-state index in [-0.39, 0.29) is 18.2 Å². The predicted octanol–water partition coefficient (Wildman–Crippen LogP) is 2.48. The van der Waals surface area contributed by atoms with Gasteiger partial charge in [-0.3, -0.25) is 14.8 Å². The lowest BCUT2D eigenvalue weighted by molar-refractivity contribution is -0.128. The highest BCUT2D eigenvalue weighted by molar-refractivity contribution is 5.95. The molecule has 0 aromatic heterocycles. The quantitative estimate of drug-likeness (QED) is 0.586. The van der Waals surface area contributed by atoms with Gasteiger partial charge in [-0.1, -0.05) is 42.5 Å². The van der Waals surface area contributed by atoms with Crippen LogP contribution in [0.4, 0.5) is 5.69 Å². The molecular weight excluding hydrogens is 280 g/mol. The van der Waals surface area contributed by atoms with Gasteiger partial charge in [0.2, 0.25) is 11.8 Å². The fraction of sp³-hybridized carbons (Fsp3) is 0.176. The molecule has 5 nitrogen and oxygen atoms in total. The van der Waals surface area contributed by atoms with E-state index in [9.17, 15) is 9.59 Å². The number of carbonyl (C=O) groups is 2. The van der Waals surface area contributed by atoms with Crippen LogP contribution in [-0.4, -0.2) is 17.0 Å². The van der Waals surface area contributed by atoms with Crippen LogP contribution in [-0.2, 0) is 16.0 Å². The standard InChI is InChI=1S/C17H18N2O3/c1-12(14-5-3-2-4-6-14)17(21)18-15-9-7-13(8-10-15)11-16(20)19-22/h2-10,12,22H,11H2,1H3,(H,18,21)(H,19,20)/t12-/m1/s1. The molecule has 0 radical (unpaired) electrons. The van der Waals surface area contributed by atoms with Crippen LogP contribution in [0.1, 0.15) is 24.0 Å². The van der Waals surface area contributed by atoms with Crippen LogP contribution in [0.2, 0.25) is 0 Å². The Morgan fingerprint density at radius 1 is 1.05 bits per heavy atom. The smallest absolute Gasteiger partial charge is 0.247 e. The Balaban J connectivity index is 1.98. The van der Waals surface area contributed by atoms with Gasteiger partial charge >= 0.3 is 0 Å². The van der Waals surface area contributed by atoms with E-state index in [1.807, 2.05) is 37.3 Å². The summed E-state index contributed by atoms with van der Waals surface area (Å²) in [4.78, 5) is 23.3. The zero-order valence-electron chi connectivity index (χ0n) is 12.2. The molecule has 0 saturated carbocycles. The average molecular weight is 298 g/mol. The van der Waals surface area contributed by atoms with E-state index in [4.69, 9.17) is 5.21 Å². The van der Waals surface area contributed by atoms with E-state index < -0.39 is 5.91 Å². The third kappa shape index (κ3) is 4.17. The summed E-state index contributed by atoms with van der Waals surface area (Å²) in [5, 5.41) is 11.3. The molecule has 0 saturated heterocycles. The van der Waals surface area contributed by atoms with Gasteiger partial charge in [-0.15, -0.1) is 0 Å². The molecule has 0 spiro atoms. The Hall–Kier alpha value is -2.66. The largest absolute Gasteiger partial charge is 0.326 e. The molecule has 2 rings (SSSR count). The number of benzene rings is 2. The summed E-state index contributed by atoms with van der Waals surface area (Å²) in [5.74, 6) is -0.817. The van der Waals surface area contributed by atoms with Crippen molar-refractivity contribution in [2.24, 2.45) is 0 Å². The summed E-state index contributed by atoms with van der Waals surface area (Å²) >= 11 is 0. The molecule has 114 valence electrons. The molecule has 3 N–H and O–H groups in total. The lowest BCUT2D eigenvalue weighted by Gasteiger charge is -2.12. The Bertz CT molecular complexity index is 639. The number of anilines is 1. The maximum Gasteiger partial charge on any atom is 0.247 e. The fourth-order valence-electron chi connectivity index (χ4n) is 2.07. The summed E-state index contributed by atoms with van der Waals surface area (Å²) in [6.07, 6.45) is 0.0884. The molecular formula is C17H18N2O3. The monoisotopic (exact) mass is 298 g/mol. The lowest BCUT2D eigenvalue weighted by Crippen LogP contribution is -2.21. The summed E-state index contributed by atoms with van der Waals surface area (Å²) in [6, 6.07) is 16.5. The van der Waals surface area contributed by atoms with E-state index >= 15 is 0 Å². The van der Waals surface area contributed by atoms with Gasteiger partial charge in [-0.05, 0) is 30.2 Å². The zero-order chi connectivity index (χ0) is 15.9. The number of hydrogen-bond acceptors (Lipinski definition) is 3. The Morgan fingerprint density at radius 2 is 1.68 bits per heavy atom. The molecule has 22 heavy (non-hydrogen) atoms. The van der Waals surface area contributed by atoms with Crippen molar-refractivity contribution in [3.05, 3.63) is 65.7 Å². The van der Waals surface area contributed by atoms with Crippen molar-refractivity contribution in [2.75, 3.05) is 5.32 Å². The van der Waals surface area contributed by atoms with E-state index in [2.05, 4.69) is 5.32 Å². The van der Waals surface area contributed by atoms with Crippen molar-refractivity contribution in [3.8, 4) is 0 Å². The van der Waals surface area contributed by atoms with Crippen molar-refractivity contribution in [2.45, 2.75) is 19.3 Å². The van der Waals surface area contributed by atoms with Gasteiger partial charge in [0.15, 0.2) is 0 Å². The minimum absolute atomic E-state index is 0.0884. The lowest BCUT2D eigenvalue weighted by atomic mass is 10.0. The molecule has 2 aromatic rings. The highest BCUT2D eigenvalue weighted by atomic mass is 16.5. The summed E-state index contributed by atoms with van der Waals surface area (Å²) in [5.41, 5.74) is 3.96. The van der Waals surface area contributed by atoms with Crippen molar-refractivity contribution in [1.82, 2.24) is 5.48 Å². The molecule has 0 heterocycles. The van der Waals surface area contributed by atoms with Crippen molar-refractivity contribution in [1.29, 1.82) is 0 Å². The van der Waals surface area contributed by atoms with Crippen LogP contribution in [0.5, 0.6) is 0 Å². The van der Waals surface area contributed by atoms with Crippen LogP contribution < -0.4 is 10.8 Å². The first kappa shape index (κ1) is 15.7. The van der Waals surface area contributed by atoms with Gasteiger partial charge in [-0.2, -0.15) is 0 Å². The van der Waals surface area contributed by atoms with Crippen LogP contribution in [0.15, 0.2) is 54.6 Å². The fourth-order valence-corrected chi connectivity index (χ4v) is 2.07. The Morgan fingerprint density at radius 3 is 2.27 bits per heavy atom. The van der Waals surface area contributed by atoms with Crippen molar-refractivity contribution >= 4 is 17.5 Å². The second kappa shape index (κ2) is 7.38. The normalized spacial score (nSPS) is 11.5. The molecule has 0 bridgehead atoms. The molecule has 0 fully saturated rings. The van der Waals surface area contributed by atoms with Crippen molar-refractivity contribution < 1.29 is 14.8 Å². The van der Waals surface area contributed by atoms with E-state index in [1.165, 1.54) is 0 Å². The average Bonchev–Trinajstić information content (AvgIpc) is 2.56. The van der Waals surface area contributed by atoms with Crippen molar-refractivity contribution in [3.63, 3.8) is 0 Å². The van der Waals surface area contributed by atoms with E-state index in [0.717, 1.165) is 11.1 Å². The number of hydroxylamine groups is 1. The van der Waals surface area contributed by atoms with Gasteiger partial charge in [-0.25, -0.2) is 5.48 Å².